The van der Waals surface area contributed by atoms with Gasteiger partial charge in [-0.05, 0) is 60.7 Å². The topological polar surface area (TPSA) is 24.5 Å². The first-order chi connectivity index (χ1) is 12.2. The number of benzene rings is 2. The monoisotopic (exact) mass is 400 g/mol. The maximum absolute atomic E-state index is 5.38. The van der Waals surface area contributed by atoms with Gasteiger partial charge in [-0.15, -0.1) is 0 Å². The second kappa shape index (κ2) is 7.38. The van der Waals surface area contributed by atoms with Crippen molar-refractivity contribution >= 4 is 21.6 Å². The van der Waals surface area contributed by atoms with E-state index in [1.807, 2.05) is 6.07 Å². The number of para-hydroxylation sites is 1. The molecule has 1 saturated heterocycles. The van der Waals surface area contributed by atoms with Crippen molar-refractivity contribution < 1.29 is 4.74 Å². The van der Waals surface area contributed by atoms with Gasteiger partial charge in [-0.25, -0.2) is 0 Å². The molecule has 0 amide bonds. The van der Waals surface area contributed by atoms with Crippen LogP contribution in [0.2, 0.25) is 0 Å². The molecule has 25 heavy (non-hydrogen) atoms. The molecule has 2 heterocycles. The highest BCUT2D eigenvalue weighted by Crippen LogP contribution is 2.33. The molecule has 2 atom stereocenters. The standard InChI is InChI=1S/C21H25BrN2O/c1-25-18-6-7-20(22)16(11-18)10-15-8-9-24(13-15)14-17-12-23-21-5-3-2-4-19(17)21/h2-7,11,15,17,23H,8-10,12-14H2,1H3. The molecule has 132 valence electrons. The number of hydrogen-bond donors (Lipinski definition) is 1. The third-order valence-electron chi connectivity index (χ3n) is 5.55. The summed E-state index contributed by atoms with van der Waals surface area (Å²) in [5.74, 6) is 2.30. The zero-order valence-electron chi connectivity index (χ0n) is 14.7. The highest BCUT2D eigenvalue weighted by Gasteiger charge is 2.28. The molecule has 2 aromatic carbocycles. The van der Waals surface area contributed by atoms with Crippen molar-refractivity contribution in [3.05, 3.63) is 58.1 Å². The molecule has 4 heteroatoms. The number of hydrogen-bond acceptors (Lipinski definition) is 3. The third-order valence-corrected chi connectivity index (χ3v) is 6.32. The van der Waals surface area contributed by atoms with E-state index in [1.54, 1.807) is 7.11 Å². The molecule has 2 aliphatic heterocycles. The Kier molecular flexibility index (Phi) is 5.00. The maximum Gasteiger partial charge on any atom is 0.119 e. The smallest absolute Gasteiger partial charge is 0.119 e. The van der Waals surface area contributed by atoms with Crippen molar-refractivity contribution in [2.45, 2.75) is 18.8 Å². The van der Waals surface area contributed by atoms with Gasteiger partial charge in [-0.2, -0.15) is 0 Å². The van der Waals surface area contributed by atoms with Crippen molar-refractivity contribution in [3.8, 4) is 5.75 Å². The van der Waals surface area contributed by atoms with E-state index in [-0.39, 0.29) is 0 Å². The molecule has 1 N–H and O–H groups in total. The molecular formula is C21H25BrN2O. The Morgan fingerprint density at radius 1 is 1.24 bits per heavy atom. The summed E-state index contributed by atoms with van der Waals surface area (Å²) in [6.45, 7) is 4.65. The summed E-state index contributed by atoms with van der Waals surface area (Å²) < 4.78 is 6.57. The van der Waals surface area contributed by atoms with E-state index < -0.39 is 0 Å². The number of nitrogens with zero attached hydrogens (tertiary/aromatic N) is 1. The summed E-state index contributed by atoms with van der Waals surface area (Å²) in [6.07, 6.45) is 2.40. The summed E-state index contributed by atoms with van der Waals surface area (Å²) >= 11 is 3.69. The zero-order valence-corrected chi connectivity index (χ0v) is 16.3. The molecule has 2 aromatic rings. The number of halogens is 1. The maximum atomic E-state index is 5.38. The van der Waals surface area contributed by atoms with E-state index in [0.717, 1.165) is 24.6 Å². The van der Waals surface area contributed by atoms with Gasteiger partial charge in [-0.3, -0.25) is 0 Å². The largest absolute Gasteiger partial charge is 0.497 e. The van der Waals surface area contributed by atoms with Crippen LogP contribution in [0.15, 0.2) is 46.9 Å². The Labute approximate surface area is 158 Å². The van der Waals surface area contributed by atoms with E-state index in [1.165, 1.54) is 47.3 Å². The number of anilines is 1. The molecule has 4 rings (SSSR count). The summed E-state index contributed by atoms with van der Waals surface area (Å²) in [5, 5.41) is 3.55. The van der Waals surface area contributed by atoms with Gasteiger partial charge in [0.2, 0.25) is 0 Å². The molecule has 0 aliphatic carbocycles. The van der Waals surface area contributed by atoms with Gasteiger partial charge in [0.1, 0.15) is 5.75 Å². The van der Waals surface area contributed by atoms with Crippen LogP contribution in [0.3, 0.4) is 0 Å². The lowest BCUT2D eigenvalue weighted by Crippen LogP contribution is -2.27. The van der Waals surface area contributed by atoms with Crippen LogP contribution in [0.4, 0.5) is 5.69 Å². The first-order valence-electron chi connectivity index (χ1n) is 9.10. The van der Waals surface area contributed by atoms with Gasteiger partial charge in [0.25, 0.3) is 0 Å². The van der Waals surface area contributed by atoms with Gasteiger partial charge < -0.3 is 15.0 Å². The number of nitrogens with one attached hydrogen (secondary N) is 1. The van der Waals surface area contributed by atoms with Gasteiger partial charge >= 0.3 is 0 Å². The predicted molar refractivity (Wildman–Crippen MR) is 107 cm³/mol. The zero-order chi connectivity index (χ0) is 17.2. The van der Waals surface area contributed by atoms with Crippen LogP contribution in [0.1, 0.15) is 23.5 Å². The number of rotatable bonds is 5. The second-order valence-corrected chi connectivity index (χ2v) is 8.10. The third kappa shape index (κ3) is 3.70. The van der Waals surface area contributed by atoms with E-state index in [4.69, 9.17) is 4.74 Å². The number of ether oxygens (including phenoxy) is 1. The van der Waals surface area contributed by atoms with Crippen LogP contribution in [0, 0.1) is 5.92 Å². The molecule has 0 aromatic heterocycles. The number of methoxy groups -OCH3 is 1. The minimum Gasteiger partial charge on any atom is -0.497 e. The van der Waals surface area contributed by atoms with Gasteiger partial charge in [0.05, 0.1) is 7.11 Å². The average Bonchev–Trinajstić information content (AvgIpc) is 3.25. The molecule has 3 nitrogen and oxygen atoms in total. The molecule has 1 fully saturated rings. The Balaban J connectivity index is 1.36. The number of likely N-dealkylation sites (tertiary alicyclic amines) is 1. The van der Waals surface area contributed by atoms with Crippen LogP contribution < -0.4 is 10.1 Å². The fourth-order valence-corrected chi connectivity index (χ4v) is 4.63. The van der Waals surface area contributed by atoms with Crippen molar-refractivity contribution in [3.63, 3.8) is 0 Å². The van der Waals surface area contributed by atoms with Gasteiger partial charge in [-0.1, -0.05) is 34.1 Å². The SMILES string of the molecule is COc1ccc(Br)c(CC2CCN(CC3CNc4ccccc43)C2)c1. The minimum absolute atomic E-state index is 0.624. The molecule has 0 radical (unpaired) electrons. The highest BCUT2D eigenvalue weighted by atomic mass is 79.9. The molecule has 0 spiro atoms. The molecule has 0 saturated carbocycles. The molecular weight excluding hydrogens is 376 g/mol. The lowest BCUT2D eigenvalue weighted by Gasteiger charge is -2.21. The molecule has 2 unspecified atom stereocenters. The normalized spacial score (nSPS) is 22.6. The Bertz CT molecular complexity index is 748. The fourth-order valence-electron chi connectivity index (χ4n) is 4.22. The average molecular weight is 401 g/mol. The molecule has 0 bridgehead atoms. The van der Waals surface area contributed by atoms with Crippen molar-refractivity contribution in [2.24, 2.45) is 5.92 Å². The summed E-state index contributed by atoms with van der Waals surface area (Å²) in [6, 6.07) is 15.0. The van der Waals surface area contributed by atoms with E-state index in [0.29, 0.717) is 5.92 Å². The van der Waals surface area contributed by atoms with Crippen LogP contribution in [-0.4, -0.2) is 38.2 Å². The first-order valence-corrected chi connectivity index (χ1v) is 9.90. The summed E-state index contributed by atoms with van der Waals surface area (Å²) in [7, 11) is 1.73. The van der Waals surface area contributed by atoms with E-state index in [2.05, 4.69) is 62.5 Å². The van der Waals surface area contributed by atoms with Gasteiger partial charge in [0, 0.05) is 35.7 Å². The Morgan fingerprint density at radius 3 is 3.00 bits per heavy atom. The Morgan fingerprint density at radius 2 is 2.12 bits per heavy atom. The van der Waals surface area contributed by atoms with Gasteiger partial charge in [0.15, 0.2) is 0 Å². The van der Waals surface area contributed by atoms with Crippen molar-refractivity contribution in [2.75, 3.05) is 38.6 Å². The van der Waals surface area contributed by atoms with Crippen LogP contribution in [-0.2, 0) is 6.42 Å². The number of fused-ring (bicyclic) bond motifs is 1. The van der Waals surface area contributed by atoms with Crippen LogP contribution in [0.5, 0.6) is 5.75 Å². The quantitative estimate of drug-likeness (QED) is 0.797. The minimum atomic E-state index is 0.624. The van der Waals surface area contributed by atoms with Crippen LogP contribution in [0.25, 0.3) is 0 Å². The predicted octanol–water partition coefficient (Wildman–Crippen LogP) is 4.53. The van der Waals surface area contributed by atoms with Crippen molar-refractivity contribution in [1.29, 1.82) is 0 Å². The molecule has 2 aliphatic rings. The summed E-state index contributed by atoms with van der Waals surface area (Å²) in [4.78, 5) is 2.65. The Hall–Kier alpha value is -1.52. The van der Waals surface area contributed by atoms with Crippen LogP contribution >= 0.6 is 15.9 Å². The lowest BCUT2D eigenvalue weighted by molar-refractivity contribution is 0.307. The van der Waals surface area contributed by atoms with E-state index >= 15 is 0 Å². The summed E-state index contributed by atoms with van der Waals surface area (Å²) in [5.41, 5.74) is 4.17. The first kappa shape index (κ1) is 16.9. The fraction of sp³-hybridized carbons (Fsp3) is 0.429. The second-order valence-electron chi connectivity index (χ2n) is 7.24. The van der Waals surface area contributed by atoms with E-state index in [9.17, 15) is 0 Å². The highest BCUT2D eigenvalue weighted by molar-refractivity contribution is 9.10. The van der Waals surface area contributed by atoms with Crippen molar-refractivity contribution in [1.82, 2.24) is 4.90 Å². The lowest BCUT2D eigenvalue weighted by atomic mass is 9.98.